The lowest BCUT2D eigenvalue weighted by molar-refractivity contribution is -0.667. The fourth-order valence-corrected chi connectivity index (χ4v) is 5.27. The van der Waals surface area contributed by atoms with Gasteiger partial charge in [-0.05, 0) is 86.0 Å². The van der Waals surface area contributed by atoms with Crippen molar-refractivity contribution in [2.24, 2.45) is 5.73 Å². The molecule has 2 aromatic carbocycles. The molecule has 0 radical (unpaired) electrons. The zero-order chi connectivity index (χ0) is 33.6. The van der Waals surface area contributed by atoms with Crippen LogP contribution in [0.25, 0.3) is 10.9 Å². The first-order chi connectivity index (χ1) is 21.7. The Morgan fingerprint density at radius 3 is 2.52 bits per heavy atom. The summed E-state index contributed by atoms with van der Waals surface area (Å²) in [6.45, 7) is 1.04. The number of rotatable bonds is 4. The molecule has 0 spiro atoms. The van der Waals surface area contributed by atoms with E-state index in [0.29, 0.717) is 35.3 Å². The van der Waals surface area contributed by atoms with E-state index in [1.165, 1.54) is 24.1 Å². The minimum absolute atomic E-state index is 0.0544. The summed E-state index contributed by atoms with van der Waals surface area (Å²) in [4.78, 5) is 15.1. The summed E-state index contributed by atoms with van der Waals surface area (Å²) in [5, 5.41) is 9.22. The number of nitrogens with zero attached hydrogens (tertiary/aromatic N) is 3. The number of nitrogens with one attached hydrogen (secondary N) is 3. The van der Waals surface area contributed by atoms with Crippen LogP contribution in [-0.2, 0) is 29.5 Å². The van der Waals surface area contributed by atoms with Gasteiger partial charge in [0.05, 0.1) is 12.4 Å². The predicted octanol–water partition coefficient (Wildman–Crippen LogP) is 3.12. The van der Waals surface area contributed by atoms with Gasteiger partial charge in [0.1, 0.15) is 0 Å². The third kappa shape index (κ3) is 8.20. The molecule has 17 heteroatoms. The maximum atomic E-state index is 13.3. The topological polar surface area (TPSA) is 147 Å². The Hall–Kier alpha value is -4.50. The highest BCUT2D eigenvalue weighted by Crippen LogP contribution is 2.26. The summed E-state index contributed by atoms with van der Waals surface area (Å²) in [6, 6.07) is 15.3. The van der Waals surface area contributed by atoms with Crippen LogP contribution in [0.4, 0.5) is 24.5 Å². The summed E-state index contributed by atoms with van der Waals surface area (Å²) in [5.74, 6) is 2.55. The van der Waals surface area contributed by atoms with Gasteiger partial charge in [-0.2, -0.15) is 17.7 Å². The summed E-state index contributed by atoms with van der Waals surface area (Å²) < 4.78 is 61.1. The Morgan fingerprint density at radius 2 is 1.89 bits per heavy atom. The minimum atomic E-state index is -6.09. The number of benzene rings is 2. The van der Waals surface area contributed by atoms with E-state index in [1.54, 1.807) is 29.4 Å². The van der Waals surface area contributed by atoms with Crippen molar-refractivity contribution >= 4 is 73.0 Å². The Morgan fingerprint density at radius 1 is 1.17 bits per heavy atom. The number of pyridine rings is 1. The number of halogens is 3. The van der Waals surface area contributed by atoms with Gasteiger partial charge in [0, 0.05) is 47.1 Å². The van der Waals surface area contributed by atoms with E-state index in [1.807, 2.05) is 35.4 Å². The summed E-state index contributed by atoms with van der Waals surface area (Å²) in [6.07, 6.45) is 13.7. The first kappa shape index (κ1) is 34.4. The number of amides is 1. The zero-order valence-corrected chi connectivity index (χ0v) is 26.5. The number of thiocarbonyl (C=S) groups is 2. The molecule has 0 fully saturated rings. The van der Waals surface area contributed by atoms with Gasteiger partial charge in [0.25, 0.3) is 5.91 Å². The van der Waals surface area contributed by atoms with Gasteiger partial charge >= 0.3 is 5.51 Å². The molecular formula is C29H28F3N7O4S3. The Labute approximate surface area is 273 Å². The molecule has 1 aliphatic carbocycles. The van der Waals surface area contributed by atoms with E-state index in [2.05, 4.69) is 32.6 Å². The lowest BCUT2D eigenvalue weighted by Gasteiger charge is -2.30. The zero-order valence-electron chi connectivity index (χ0n) is 24.0. The molecule has 0 saturated heterocycles. The second-order valence-electron chi connectivity index (χ2n) is 10.0. The van der Waals surface area contributed by atoms with Crippen LogP contribution in [0.1, 0.15) is 34.5 Å². The number of nitrogens with two attached hydrogens (primary N) is 1. The van der Waals surface area contributed by atoms with E-state index in [9.17, 15) is 18.0 Å². The molecule has 1 aliphatic heterocycles. The fourth-order valence-electron chi connectivity index (χ4n) is 4.90. The summed E-state index contributed by atoms with van der Waals surface area (Å²) in [5.41, 5.74) is 8.53. The Kier molecular flexibility index (Phi) is 10.7. The molecule has 0 bridgehead atoms. The summed E-state index contributed by atoms with van der Waals surface area (Å²) in [7, 11) is -6.09. The van der Waals surface area contributed by atoms with E-state index in [-0.39, 0.29) is 11.0 Å². The lowest BCUT2D eigenvalue weighted by atomic mass is 9.94. The highest BCUT2D eigenvalue weighted by atomic mass is 32.2. The molecule has 11 nitrogen and oxygen atoms in total. The van der Waals surface area contributed by atoms with Crippen molar-refractivity contribution < 1.29 is 35.5 Å². The number of hydrogen-bond donors (Lipinski definition) is 4. The van der Waals surface area contributed by atoms with Gasteiger partial charge in [-0.25, -0.2) is 13.4 Å². The number of anilines is 2. The van der Waals surface area contributed by atoms with Gasteiger partial charge in [-0.3, -0.25) is 10.2 Å². The highest BCUT2D eigenvalue weighted by Gasteiger charge is 2.37. The second-order valence-corrected chi connectivity index (χ2v) is 12.2. The van der Waals surface area contributed by atoms with Crippen LogP contribution in [0.2, 0.25) is 0 Å². The van der Waals surface area contributed by atoms with Crippen molar-refractivity contribution in [3.63, 3.8) is 0 Å². The average Bonchev–Trinajstić information content (AvgIpc) is 3.54. The van der Waals surface area contributed by atoms with Crippen LogP contribution >= 0.6 is 24.4 Å². The van der Waals surface area contributed by atoms with Crippen molar-refractivity contribution in [3.05, 3.63) is 77.8 Å². The number of carbonyl (C=O) groups excluding carboxylic acids is 1. The lowest BCUT2D eigenvalue weighted by Crippen LogP contribution is -2.52. The third-order valence-electron chi connectivity index (χ3n) is 6.90. The molecule has 1 aromatic heterocycles. The molecule has 5 N–H and O–H groups in total. The van der Waals surface area contributed by atoms with Crippen molar-refractivity contribution in [3.8, 4) is 12.3 Å². The second kappa shape index (κ2) is 14.3. The number of terminal acetylenes is 1. The quantitative estimate of drug-likeness (QED) is 0.0800. The number of fused-ring (bicyclic) bond motifs is 2. The molecule has 46 heavy (non-hydrogen) atoms. The summed E-state index contributed by atoms with van der Waals surface area (Å²) >= 11 is 10.7. The number of aromatic nitrogens is 1. The van der Waals surface area contributed by atoms with E-state index >= 15 is 0 Å². The van der Waals surface area contributed by atoms with Gasteiger partial charge in [-0.1, -0.05) is 6.07 Å². The van der Waals surface area contributed by atoms with Crippen LogP contribution in [-0.4, -0.2) is 46.2 Å². The van der Waals surface area contributed by atoms with Gasteiger partial charge in [0.2, 0.25) is 17.2 Å². The molecule has 242 valence electrons. The van der Waals surface area contributed by atoms with E-state index < -0.39 is 15.6 Å². The van der Waals surface area contributed by atoms with Crippen molar-refractivity contribution in [1.82, 2.24) is 15.6 Å². The largest absolute Gasteiger partial charge is 0.741 e. The Balaban J connectivity index is 0.000000533. The predicted molar refractivity (Wildman–Crippen MR) is 174 cm³/mol. The molecule has 0 atom stereocenters. The molecule has 0 unspecified atom stereocenters. The maximum Gasteiger partial charge on any atom is 0.485 e. The van der Waals surface area contributed by atoms with Crippen molar-refractivity contribution in [2.75, 3.05) is 17.0 Å². The van der Waals surface area contributed by atoms with Gasteiger partial charge in [-0.15, -0.1) is 6.42 Å². The SMILES string of the molecule is C#CC[n+]1c2c(cc3cc(NC(=O)c4cccc(N(NC(N)=S)C(=S)N5C=CNC5)c4)ccc31)CCCC2.O=S(=O)([O-])C(F)(F)F. The van der Waals surface area contributed by atoms with Crippen molar-refractivity contribution in [1.29, 1.82) is 0 Å². The van der Waals surface area contributed by atoms with Crippen LogP contribution in [0.3, 0.4) is 0 Å². The van der Waals surface area contributed by atoms with Crippen LogP contribution < -0.4 is 31.4 Å². The fraction of sp³-hybridized carbons (Fsp3) is 0.241. The number of aryl methyl sites for hydroxylation is 1. The molecular weight excluding hydrogens is 664 g/mol. The van der Waals surface area contributed by atoms with Crippen LogP contribution in [0.5, 0.6) is 0 Å². The van der Waals surface area contributed by atoms with Gasteiger partial charge < -0.3 is 25.8 Å². The molecule has 1 amide bonds. The first-order valence-electron chi connectivity index (χ1n) is 13.6. The molecule has 0 saturated carbocycles. The number of hydrogen-bond acceptors (Lipinski definition) is 7. The normalized spacial score (nSPS) is 13.8. The highest BCUT2D eigenvalue weighted by molar-refractivity contribution is 7.86. The minimum Gasteiger partial charge on any atom is -0.741 e. The molecule has 3 aromatic rings. The first-order valence-corrected chi connectivity index (χ1v) is 15.8. The maximum absolute atomic E-state index is 13.3. The molecule has 2 aliphatic rings. The van der Waals surface area contributed by atoms with E-state index in [0.717, 1.165) is 23.7 Å². The van der Waals surface area contributed by atoms with Gasteiger partial charge in [0.15, 0.2) is 20.9 Å². The van der Waals surface area contributed by atoms with E-state index in [4.69, 9.17) is 49.6 Å². The molecule has 2 heterocycles. The number of alkyl halides is 3. The number of carbonyl (C=O) groups is 1. The number of hydrazine groups is 1. The smallest absolute Gasteiger partial charge is 0.485 e. The Bertz CT molecular complexity index is 1860. The average molecular weight is 692 g/mol. The molecule has 5 rings (SSSR count). The van der Waals surface area contributed by atoms with Crippen LogP contribution in [0, 0.1) is 12.3 Å². The third-order valence-corrected chi connectivity index (χ3v) is 7.98. The van der Waals surface area contributed by atoms with Crippen LogP contribution in [0.15, 0.2) is 60.9 Å². The van der Waals surface area contributed by atoms with Crippen molar-refractivity contribution in [2.45, 2.75) is 37.7 Å². The standard InChI is InChI=1S/C28H27N7OS2.CHF3O3S/c1-2-13-34-24-9-4-3-6-19(24)15-21-16-22(10-11-25(21)34)31-26(36)20-7-5-8-23(17-20)35(32-27(29)37)28(38)33-14-12-30-18-33;2-1(3,4)8(5,6)7/h1,5,7-8,10-12,14-17,30H,3-4,6,9,13,18H2,(H3-,29,31,32,36,37);(H,5,6,7). The monoisotopic (exact) mass is 691 g/mol.